The SMILES string of the molecule is COc1cccc2c1N(c1c(Cl)cncc1Cl)C(OC)N2. The van der Waals surface area contributed by atoms with Gasteiger partial charge in [0.15, 0.2) is 0 Å². The fourth-order valence-electron chi connectivity index (χ4n) is 2.39. The highest BCUT2D eigenvalue weighted by molar-refractivity contribution is 6.39. The van der Waals surface area contributed by atoms with Crippen molar-refractivity contribution in [2.45, 2.75) is 6.35 Å². The smallest absolute Gasteiger partial charge is 0.212 e. The van der Waals surface area contributed by atoms with Crippen molar-refractivity contribution in [1.82, 2.24) is 4.98 Å². The molecule has 21 heavy (non-hydrogen) atoms. The van der Waals surface area contributed by atoms with Gasteiger partial charge in [0.2, 0.25) is 6.35 Å². The molecular formula is C14H13Cl2N3O2. The van der Waals surface area contributed by atoms with Gasteiger partial charge in [-0.05, 0) is 12.1 Å². The number of hydrogen-bond donors (Lipinski definition) is 1. The van der Waals surface area contributed by atoms with Crippen LogP contribution in [0.2, 0.25) is 10.0 Å². The maximum Gasteiger partial charge on any atom is 0.212 e. The molecule has 0 radical (unpaired) electrons. The molecule has 1 unspecified atom stereocenters. The number of rotatable bonds is 3. The van der Waals surface area contributed by atoms with Gasteiger partial charge < -0.3 is 14.8 Å². The zero-order chi connectivity index (χ0) is 15.0. The first-order valence-electron chi connectivity index (χ1n) is 6.22. The number of para-hydroxylation sites is 1. The summed E-state index contributed by atoms with van der Waals surface area (Å²) in [5, 5.41) is 4.12. The Morgan fingerprint density at radius 1 is 1.14 bits per heavy atom. The van der Waals surface area contributed by atoms with E-state index in [0.717, 1.165) is 11.4 Å². The summed E-state index contributed by atoms with van der Waals surface area (Å²) < 4.78 is 10.9. The van der Waals surface area contributed by atoms with Gasteiger partial charge in [0.1, 0.15) is 11.4 Å². The zero-order valence-electron chi connectivity index (χ0n) is 11.4. The molecule has 0 aliphatic carbocycles. The molecule has 1 aromatic carbocycles. The van der Waals surface area contributed by atoms with Gasteiger partial charge in [-0.3, -0.25) is 9.88 Å². The number of nitrogens with one attached hydrogen (secondary N) is 1. The molecule has 2 aromatic rings. The minimum Gasteiger partial charge on any atom is -0.494 e. The summed E-state index contributed by atoms with van der Waals surface area (Å²) in [5.74, 6) is 0.698. The minimum atomic E-state index is -0.436. The lowest BCUT2D eigenvalue weighted by Gasteiger charge is -2.27. The third kappa shape index (κ3) is 2.27. The van der Waals surface area contributed by atoms with Crippen LogP contribution in [0.25, 0.3) is 0 Å². The van der Waals surface area contributed by atoms with Gasteiger partial charge >= 0.3 is 0 Å². The molecule has 5 nitrogen and oxygen atoms in total. The van der Waals surface area contributed by atoms with Crippen LogP contribution < -0.4 is 15.0 Å². The van der Waals surface area contributed by atoms with Crippen LogP contribution in [0.15, 0.2) is 30.6 Å². The second kappa shape index (κ2) is 5.60. The van der Waals surface area contributed by atoms with Crippen molar-refractivity contribution in [2.75, 3.05) is 24.4 Å². The fourth-order valence-corrected chi connectivity index (χ4v) is 2.94. The summed E-state index contributed by atoms with van der Waals surface area (Å²) in [5.41, 5.74) is 2.32. The number of nitrogens with zero attached hydrogens (tertiary/aromatic N) is 2. The maximum atomic E-state index is 6.28. The predicted molar refractivity (Wildman–Crippen MR) is 83.8 cm³/mol. The molecule has 0 saturated heterocycles. The molecule has 1 aliphatic heterocycles. The average molecular weight is 326 g/mol. The van der Waals surface area contributed by atoms with Crippen molar-refractivity contribution in [3.8, 4) is 5.75 Å². The number of benzene rings is 1. The number of halogens is 2. The van der Waals surface area contributed by atoms with Crippen LogP contribution in [0, 0.1) is 0 Å². The standard InChI is InChI=1S/C14H13Cl2N3O2/c1-20-11-5-3-4-10-13(11)19(14(18-10)21-2)12-8(15)6-17-7-9(12)16/h3-7,14,18H,1-2H3. The molecule has 0 amide bonds. The van der Waals surface area contributed by atoms with Gasteiger partial charge in [-0.25, -0.2) is 0 Å². The van der Waals surface area contributed by atoms with Gasteiger partial charge in [-0.15, -0.1) is 0 Å². The fraction of sp³-hybridized carbons (Fsp3) is 0.214. The first-order valence-corrected chi connectivity index (χ1v) is 6.97. The van der Waals surface area contributed by atoms with Crippen molar-refractivity contribution < 1.29 is 9.47 Å². The Morgan fingerprint density at radius 2 is 1.86 bits per heavy atom. The van der Waals surface area contributed by atoms with Gasteiger partial charge in [0.25, 0.3) is 0 Å². The zero-order valence-corrected chi connectivity index (χ0v) is 12.9. The normalized spacial score (nSPS) is 16.6. The van der Waals surface area contributed by atoms with E-state index in [1.165, 1.54) is 0 Å². The van der Waals surface area contributed by atoms with Crippen LogP contribution in [0.5, 0.6) is 5.75 Å². The highest BCUT2D eigenvalue weighted by Gasteiger charge is 2.35. The number of pyridine rings is 1. The van der Waals surface area contributed by atoms with Gasteiger partial charge in [-0.2, -0.15) is 0 Å². The van der Waals surface area contributed by atoms with E-state index in [1.54, 1.807) is 26.6 Å². The number of fused-ring (bicyclic) bond motifs is 1. The molecule has 0 bridgehead atoms. The van der Waals surface area contributed by atoms with Crippen LogP contribution in [0.1, 0.15) is 0 Å². The Hall–Kier alpha value is -1.69. The maximum absolute atomic E-state index is 6.28. The highest BCUT2D eigenvalue weighted by Crippen LogP contribution is 2.49. The summed E-state index contributed by atoms with van der Waals surface area (Å²) >= 11 is 12.6. The van der Waals surface area contributed by atoms with Crippen LogP contribution in [-0.2, 0) is 4.74 Å². The molecule has 2 heterocycles. The molecule has 0 saturated carbocycles. The Balaban J connectivity index is 2.22. The molecule has 3 rings (SSSR count). The largest absolute Gasteiger partial charge is 0.494 e. The first kappa shape index (κ1) is 14.3. The Bertz CT molecular complexity index is 661. The van der Waals surface area contributed by atoms with Crippen molar-refractivity contribution >= 4 is 40.3 Å². The van der Waals surface area contributed by atoms with Crippen LogP contribution in [-0.4, -0.2) is 25.6 Å². The van der Waals surface area contributed by atoms with Crippen molar-refractivity contribution in [3.05, 3.63) is 40.6 Å². The van der Waals surface area contributed by atoms with E-state index in [2.05, 4.69) is 10.3 Å². The summed E-state index contributed by atoms with van der Waals surface area (Å²) in [6.45, 7) is 0. The number of ether oxygens (including phenoxy) is 2. The summed E-state index contributed by atoms with van der Waals surface area (Å²) in [4.78, 5) is 5.84. The predicted octanol–water partition coefficient (Wildman–Crippen LogP) is 3.89. The van der Waals surface area contributed by atoms with Gasteiger partial charge in [0.05, 0.1) is 28.5 Å². The van der Waals surface area contributed by atoms with E-state index >= 15 is 0 Å². The van der Waals surface area contributed by atoms with E-state index in [0.29, 0.717) is 21.5 Å². The summed E-state index contributed by atoms with van der Waals surface area (Å²) in [7, 11) is 3.22. The minimum absolute atomic E-state index is 0.435. The second-order valence-corrected chi connectivity index (χ2v) is 5.22. The molecule has 1 aliphatic rings. The first-order chi connectivity index (χ1) is 10.2. The monoisotopic (exact) mass is 325 g/mol. The van der Waals surface area contributed by atoms with Crippen LogP contribution in [0.3, 0.4) is 0 Å². The van der Waals surface area contributed by atoms with E-state index < -0.39 is 6.35 Å². The highest BCUT2D eigenvalue weighted by atomic mass is 35.5. The Morgan fingerprint density at radius 3 is 2.48 bits per heavy atom. The topological polar surface area (TPSA) is 46.6 Å². The van der Waals surface area contributed by atoms with E-state index in [9.17, 15) is 0 Å². The number of methoxy groups -OCH3 is 2. The molecule has 1 aromatic heterocycles. The van der Waals surface area contributed by atoms with Crippen molar-refractivity contribution in [3.63, 3.8) is 0 Å². The second-order valence-electron chi connectivity index (χ2n) is 4.41. The van der Waals surface area contributed by atoms with E-state index in [-0.39, 0.29) is 0 Å². The van der Waals surface area contributed by atoms with Crippen molar-refractivity contribution in [1.29, 1.82) is 0 Å². The van der Waals surface area contributed by atoms with Crippen molar-refractivity contribution in [2.24, 2.45) is 0 Å². The lowest BCUT2D eigenvalue weighted by molar-refractivity contribution is 0.135. The molecular weight excluding hydrogens is 313 g/mol. The van der Waals surface area contributed by atoms with E-state index in [1.807, 2.05) is 23.1 Å². The van der Waals surface area contributed by atoms with Gasteiger partial charge in [-0.1, -0.05) is 29.3 Å². The Kier molecular flexibility index (Phi) is 3.80. The molecule has 1 atom stereocenters. The van der Waals surface area contributed by atoms with Crippen LogP contribution in [0.4, 0.5) is 17.1 Å². The van der Waals surface area contributed by atoms with E-state index in [4.69, 9.17) is 32.7 Å². The number of aromatic nitrogens is 1. The Labute approximate surface area is 132 Å². The lowest BCUT2D eigenvalue weighted by atomic mass is 10.2. The number of hydrogen-bond acceptors (Lipinski definition) is 5. The molecule has 0 spiro atoms. The quantitative estimate of drug-likeness (QED) is 0.927. The average Bonchev–Trinajstić information content (AvgIpc) is 2.86. The summed E-state index contributed by atoms with van der Waals surface area (Å²) in [6.07, 6.45) is 2.65. The van der Waals surface area contributed by atoms with Crippen LogP contribution >= 0.6 is 23.2 Å². The lowest BCUT2D eigenvalue weighted by Crippen LogP contribution is -2.34. The molecule has 1 N–H and O–H groups in total. The molecule has 0 fully saturated rings. The van der Waals surface area contributed by atoms with Gasteiger partial charge in [0, 0.05) is 19.5 Å². The summed E-state index contributed by atoms with van der Waals surface area (Å²) in [6, 6.07) is 5.71. The number of anilines is 3. The molecule has 7 heteroatoms. The third-order valence-electron chi connectivity index (χ3n) is 3.27. The third-order valence-corrected chi connectivity index (χ3v) is 3.82. The molecule has 110 valence electrons.